The van der Waals surface area contributed by atoms with Crippen LogP contribution in [-0.2, 0) is 9.59 Å². The highest BCUT2D eigenvalue weighted by Crippen LogP contribution is 2.60. The molecule has 2 saturated carbocycles. The van der Waals surface area contributed by atoms with Crippen LogP contribution in [0.15, 0.2) is 23.8 Å². The Morgan fingerprint density at radius 1 is 1.35 bits per heavy atom. The minimum absolute atomic E-state index is 0.0301. The van der Waals surface area contributed by atoms with Gasteiger partial charge in [0.1, 0.15) is 5.78 Å². The molecule has 0 bridgehead atoms. The van der Waals surface area contributed by atoms with Crippen LogP contribution < -0.4 is 0 Å². The molecule has 23 heavy (non-hydrogen) atoms. The highest BCUT2D eigenvalue weighted by molar-refractivity contribution is 5.81. The average Bonchev–Trinajstić information content (AvgIpc) is 2.34. The maximum atomic E-state index is 12.4. The number of rotatable bonds is 4. The van der Waals surface area contributed by atoms with E-state index in [-0.39, 0.29) is 10.8 Å². The average molecular weight is 318 g/mol. The molecule has 0 aliphatic heterocycles. The van der Waals surface area contributed by atoms with Gasteiger partial charge in [0.15, 0.2) is 0 Å². The summed E-state index contributed by atoms with van der Waals surface area (Å²) in [7, 11) is 0. The van der Waals surface area contributed by atoms with E-state index in [4.69, 9.17) is 5.11 Å². The molecule has 0 spiro atoms. The molecule has 2 fully saturated rings. The van der Waals surface area contributed by atoms with Gasteiger partial charge in [-0.3, -0.25) is 4.79 Å². The van der Waals surface area contributed by atoms with E-state index in [0.717, 1.165) is 31.3 Å². The first kappa shape index (κ1) is 18.0. The number of Topliss-reactive ketones (excluding diaryl/α,β-unsaturated/α-hetero) is 1. The fraction of sp³-hybridized carbons (Fsp3) is 0.700. The van der Waals surface area contributed by atoms with Gasteiger partial charge >= 0.3 is 5.97 Å². The summed E-state index contributed by atoms with van der Waals surface area (Å²) >= 11 is 0. The Morgan fingerprint density at radius 3 is 2.61 bits per heavy atom. The van der Waals surface area contributed by atoms with Crippen molar-refractivity contribution in [3.63, 3.8) is 0 Å². The van der Waals surface area contributed by atoms with Crippen molar-refractivity contribution in [3.8, 4) is 0 Å². The monoisotopic (exact) mass is 318 g/mol. The standard InChI is InChI=1S/C20H30O3/c1-13(10-18(22)23)6-8-16-14(2)7-9-17-19(3,4)11-15(21)12-20(16,17)5/h10,16-17H,2,6-9,11-12H2,1,3-5H3,(H,22,23)/b13-10-/t16-,17+,20+/m0/s1. The Bertz CT molecular complexity index is 555. The number of carboxylic acid groups (broad SMARTS) is 1. The van der Waals surface area contributed by atoms with Crippen molar-refractivity contribution in [1.82, 2.24) is 0 Å². The summed E-state index contributed by atoms with van der Waals surface area (Å²) in [5, 5.41) is 8.88. The van der Waals surface area contributed by atoms with Gasteiger partial charge in [-0.25, -0.2) is 4.79 Å². The molecule has 3 atom stereocenters. The summed E-state index contributed by atoms with van der Waals surface area (Å²) in [5.74, 6) is 0.322. The van der Waals surface area contributed by atoms with Gasteiger partial charge in [-0.15, -0.1) is 0 Å². The summed E-state index contributed by atoms with van der Waals surface area (Å²) in [5.41, 5.74) is 2.15. The number of carbonyl (C=O) groups excluding carboxylic acids is 1. The number of carbonyl (C=O) groups is 2. The molecular formula is C20H30O3. The van der Waals surface area contributed by atoms with Gasteiger partial charge in [0, 0.05) is 18.9 Å². The lowest BCUT2D eigenvalue weighted by molar-refractivity contribution is -0.138. The third-order valence-electron chi connectivity index (χ3n) is 6.21. The molecule has 0 aromatic heterocycles. The number of hydrogen-bond donors (Lipinski definition) is 1. The van der Waals surface area contributed by atoms with Gasteiger partial charge in [0.2, 0.25) is 0 Å². The largest absolute Gasteiger partial charge is 0.478 e. The number of ketones is 1. The maximum absolute atomic E-state index is 12.4. The van der Waals surface area contributed by atoms with Crippen LogP contribution in [0.2, 0.25) is 0 Å². The van der Waals surface area contributed by atoms with Crippen LogP contribution in [0.4, 0.5) is 0 Å². The summed E-state index contributed by atoms with van der Waals surface area (Å²) in [6.45, 7) is 12.9. The number of fused-ring (bicyclic) bond motifs is 1. The number of hydrogen-bond acceptors (Lipinski definition) is 2. The Morgan fingerprint density at radius 2 is 2.00 bits per heavy atom. The van der Waals surface area contributed by atoms with E-state index in [1.165, 1.54) is 11.6 Å². The second-order valence-corrected chi connectivity index (χ2v) is 8.56. The molecule has 2 rings (SSSR count). The zero-order valence-electron chi connectivity index (χ0n) is 14.9. The molecule has 0 aromatic rings. The first-order valence-electron chi connectivity index (χ1n) is 8.66. The van der Waals surface area contributed by atoms with Gasteiger partial charge in [-0.2, -0.15) is 0 Å². The zero-order chi connectivity index (χ0) is 17.4. The fourth-order valence-corrected chi connectivity index (χ4v) is 5.38. The van der Waals surface area contributed by atoms with Crippen LogP contribution in [0, 0.1) is 22.7 Å². The van der Waals surface area contributed by atoms with Crippen molar-refractivity contribution < 1.29 is 14.7 Å². The highest BCUT2D eigenvalue weighted by Gasteiger charge is 2.54. The number of aliphatic carboxylic acids is 1. The molecule has 2 aliphatic rings. The number of carboxylic acids is 1. The Kier molecular flexibility index (Phi) is 4.89. The van der Waals surface area contributed by atoms with E-state index in [2.05, 4.69) is 27.4 Å². The Balaban J connectivity index is 2.24. The second-order valence-electron chi connectivity index (χ2n) is 8.56. The smallest absolute Gasteiger partial charge is 0.328 e. The van der Waals surface area contributed by atoms with E-state index in [1.807, 2.05) is 6.92 Å². The molecule has 0 heterocycles. The molecule has 0 unspecified atom stereocenters. The van der Waals surface area contributed by atoms with Crippen LogP contribution in [0.1, 0.15) is 66.2 Å². The van der Waals surface area contributed by atoms with E-state index in [0.29, 0.717) is 30.5 Å². The molecule has 1 N–H and O–H groups in total. The van der Waals surface area contributed by atoms with E-state index in [9.17, 15) is 9.59 Å². The summed E-state index contributed by atoms with van der Waals surface area (Å²) in [6.07, 6.45) is 6.43. The number of allylic oxidation sites excluding steroid dienone is 2. The lowest BCUT2D eigenvalue weighted by atomic mass is 9.47. The van der Waals surface area contributed by atoms with Crippen molar-refractivity contribution >= 4 is 11.8 Å². The van der Waals surface area contributed by atoms with Crippen molar-refractivity contribution in [2.45, 2.75) is 66.2 Å². The third-order valence-corrected chi connectivity index (χ3v) is 6.21. The molecular weight excluding hydrogens is 288 g/mol. The molecule has 0 amide bonds. The van der Waals surface area contributed by atoms with Crippen LogP contribution in [-0.4, -0.2) is 16.9 Å². The van der Waals surface area contributed by atoms with Gasteiger partial charge in [0.05, 0.1) is 0 Å². The lowest BCUT2D eigenvalue weighted by Crippen LogP contribution is -2.52. The quantitative estimate of drug-likeness (QED) is 0.600. The first-order chi connectivity index (χ1) is 10.6. The second kappa shape index (κ2) is 6.26. The first-order valence-corrected chi connectivity index (χ1v) is 8.66. The minimum atomic E-state index is -0.886. The topological polar surface area (TPSA) is 54.4 Å². The highest BCUT2D eigenvalue weighted by atomic mass is 16.4. The minimum Gasteiger partial charge on any atom is -0.478 e. The van der Waals surface area contributed by atoms with Crippen LogP contribution in [0.5, 0.6) is 0 Å². The molecule has 0 radical (unpaired) electrons. The predicted octanol–water partition coefficient (Wildman–Crippen LogP) is 4.78. The lowest BCUT2D eigenvalue weighted by Gasteiger charge is -2.57. The van der Waals surface area contributed by atoms with Crippen molar-refractivity contribution in [3.05, 3.63) is 23.8 Å². The van der Waals surface area contributed by atoms with Gasteiger partial charge in [-0.05, 0) is 55.3 Å². The maximum Gasteiger partial charge on any atom is 0.328 e. The Labute approximate surface area is 139 Å². The zero-order valence-corrected chi connectivity index (χ0v) is 14.9. The van der Waals surface area contributed by atoms with Gasteiger partial charge < -0.3 is 5.11 Å². The molecule has 0 aromatic carbocycles. The van der Waals surface area contributed by atoms with Gasteiger partial charge in [0.25, 0.3) is 0 Å². The molecule has 2 aliphatic carbocycles. The van der Waals surface area contributed by atoms with Crippen molar-refractivity contribution in [1.29, 1.82) is 0 Å². The normalized spacial score (nSPS) is 34.2. The van der Waals surface area contributed by atoms with E-state index >= 15 is 0 Å². The predicted molar refractivity (Wildman–Crippen MR) is 92.1 cm³/mol. The molecule has 3 nitrogen and oxygen atoms in total. The van der Waals surface area contributed by atoms with Crippen molar-refractivity contribution in [2.75, 3.05) is 0 Å². The summed E-state index contributed by atoms with van der Waals surface area (Å²) in [4.78, 5) is 23.2. The summed E-state index contributed by atoms with van der Waals surface area (Å²) < 4.78 is 0. The van der Waals surface area contributed by atoms with Crippen molar-refractivity contribution in [2.24, 2.45) is 22.7 Å². The van der Waals surface area contributed by atoms with E-state index in [1.54, 1.807) is 0 Å². The van der Waals surface area contributed by atoms with E-state index < -0.39 is 5.97 Å². The SMILES string of the molecule is C=C1CC[C@@H]2C(C)(C)CC(=O)C[C@]2(C)[C@H]1CC/C(C)=C\C(=O)O. The third kappa shape index (κ3) is 3.59. The van der Waals surface area contributed by atoms with Crippen LogP contribution >= 0.6 is 0 Å². The van der Waals surface area contributed by atoms with Gasteiger partial charge in [-0.1, -0.05) is 38.5 Å². The molecule has 0 saturated heterocycles. The summed E-state index contributed by atoms with van der Waals surface area (Å²) in [6, 6.07) is 0. The molecule has 3 heteroatoms. The molecule has 128 valence electrons. The van der Waals surface area contributed by atoms with Crippen LogP contribution in [0.25, 0.3) is 0 Å². The Hall–Kier alpha value is -1.38. The van der Waals surface area contributed by atoms with Crippen LogP contribution in [0.3, 0.4) is 0 Å². The fourth-order valence-electron chi connectivity index (χ4n) is 5.38.